The summed E-state index contributed by atoms with van der Waals surface area (Å²) < 4.78 is 1.00. The Morgan fingerprint density at radius 1 is 1.10 bits per heavy atom. The molecular weight excluding hydrogens is 324 g/mol. The van der Waals surface area contributed by atoms with Crippen molar-refractivity contribution in [1.82, 2.24) is 4.98 Å². The standard InChI is InChI=1S/C18H17BrN2/c1-12-6-7-15(13(2)8-12)10-20-17-5-3-4-14-9-16(19)11-21-18(14)17/h3-9,11,20H,10H2,1-2H3. The van der Waals surface area contributed by atoms with Crippen molar-refractivity contribution in [3.63, 3.8) is 0 Å². The minimum absolute atomic E-state index is 0.809. The molecular formula is C18H17BrN2. The maximum atomic E-state index is 4.52. The molecule has 1 heterocycles. The number of nitrogens with one attached hydrogen (secondary N) is 1. The molecule has 0 saturated heterocycles. The monoisotopic (exact) mass is 340 g/mol. The normalized spacial score (nSPS) is 10.8. The Labute approximate surface area is 133 Å². The number of pyridine rings is 1. The first-order valence-corrected chi connectivity index (χ1v) is 7.77. The van der Waals surface area contributed by atoms with Crippen molar-refractivity contribution in [2.45, 2.75) is 20.4 Å². The Kier molecular flexibility index (Phi) is 3.93. The van der Waals surface area contributed by atoms with E-state index in [1.165, 1.54) is 16.7 Å². The Bertz CT molecular complexity index is 796. The summed E-state index contributed by atoms with van der Waals surface area (Å²) >= 11 is 3.47. The lowest BCUT2D eigenvalue weighted by molar-refractivity contribution is 1.11. The summed E-state index contributed by atoms with van der Waals surface area (Å²) in [6, 6.07) is 14.9. The third-order valence-electron chi connectivity index (χ3n) is 3.64. The van der Waals surface area contributed by atoms with E-state index in [-0.39, 0.29) is 0 Å². The fourth-order valence-electron chi connectivity index (χ4n) is 2.51. The van der Waals surface area contributed by atoms with Gasteiger partial charge in [-0.05, 0) is 53.0 Å². The van der Waals surface area contributed by atoms with Gasteiger partial charge in [-0.1, -0.05) is 35.9 Å². The molecule has 0 atom stereocenters. The molecule has 1 aromatic heterocycles. The van der Waals surface area contributed by atoms with Gasteiger partial charge in [0.15, 0.2) is 0 Å². The smallest absolute Gasteiger partial charge is 0.0934 e. The molecule has 1 N–H and O–H groups in total. The second kappa shape index (κ2) is 5.86. The van der Waals surface area contributed by atoms with Crippen LogP contribution in [-0.4, -0.2) is 4.98 Å². The van der Waals surface area contributed by atoms with Gasteiger partial charge >= 0.3 is 0 Å². The van der Waals surface area contributed by atoms with E-state index in [1.807, 2.05) is 6.20 Å². The van der Waals surface area contributed by atoms with Crippen molar-refractivity contribution in [1.29, 1.82) is 0 Å². The number of aryl methyl sites for hydroxylation is 2. The summed E-state index contributed by atoms with van der Waals surface area (Å²) in [5.74, 6) is 0. The fraction of sp³-hybridized carbons (Fsp3) is 0.167. The maximum Gasteiger partial charge on any atom is 0.0934 e. The topological polar surface area (TPSA) is 24.9 Å². The Morgan fingerprint density at radius 3 is 2.76 bits per heavy atom. The number of rotatable bonds is 3. The van der Waals surface area contributed by atoms with Gasteiger partial charge in [0.05, 0.1) is 11.2 Å². The maximum absolute atomic E-state index is 4.52. The lowest BCUT2D eigenvalue weighted by Gasteiger charge is -2.11. The second-order valence-electron chi connectivity index (χ2n) is 5.31. The average molecular weight is 341 g/mol. The first kappa shape index (κ1) is 14.1. The molecule has 0 saturated carbocycles. The van der Waals surface area contributed by atoms with E-state index >= 15 is 0 Å². The van der Waals surface area contributed by atoms with Crippen LogP contribution in [-0.2, 0) is 6.54 Å². The van der Waals surface area contributed by atoms with Crippen molar-refractivity contribution in [3.05, 3.63) is 69.8 Å². The molecule has 106 valence electrons. The van der Waals surface area contributed by atoms with Crippen LogP contribution in [0.2, 0.25) is 0 Å². The molecule has 3 aromatic rings. The van der Waals surface area contributed by atoms with E-state index in [1.54, 1.807) is 0 Å². The molecule has 0 aliphatic heterocycles. The molecule has 3 rings (SSSR count). The molecule has 2 nitrogen and oxygen atoms in total. The minimum atomic E-state index is 0.809. The largest absolute Gasteiger partial charge is 0.379 e. The van der Waals surface area contributed by atoms with Gasteiger partial charge in [0, 0.05) is 22.6 Å². The quantitative estimate of drug-likeness (QED) is 0.706. The van der Waals surface area contributed by atoms with E-state index in [4.69, 9.17) is 0 Å². The highest BCUT2D eigenvalue weighted by Crippen LogP contribution is 2.24. The van der Waals surface area contributed by atoms with Crippen molar-refractivity contribution in [3.8, 4) is 0 Å². The lowest BCUT2D eigenvalue weighted by Crippen LogP contribution is -2.02. The SMILES string of the molecule is Cc1ccc(CNc2cccc3cc(Br)cnc23)c(C)c1. The number of para-hydroxylation sites is 1. The third kappa shape index (κ3) is 3.08. The van der Waals surface area contributed by atoms with Crippen LogP contribution in [0.15, 0.2) is 53.1 Å². The fourth-order valence-corrected chi connectivity index (χ4v) is 2.86. The predicted molar refractivity (Wildman–Crippen MR) is 92.7 cm³/mol. The van der Waals surface area contributed by atoms with Crippen molar-refractivity contribution in [2.75, 3.05) is 5.32 Å². The summed E-state index contributed by atoms with van der Waals surface area (Å²) in [5.41, 5.74) is 6.01. The molecule has 0 bridgehead atoms. The number of fused-ring (bicyclic) bond motifs is 1. The van der Waals surface area contributed by atoms with Crippen LogP contribution in [0.3, 0.4) is 0 Å². The van der Waals surface area contributed by atoms with Gasteiger partial charge in [0.2, 0.25) is 0 Å². The Hall–Kier alpha value is -1.87. The lowest BCUT2D eigenvalue weighted by atomic mass is 10.1. The Morgan fingerprint density at radius 2 is 1.95 bits per heavy atom. The molecule has 2 aromatic carbocycles. The van der Waals surface area contributed by atoms with Gasteiger partial charge in [-0.15, -0.1) is 0 Å². The van der Waals surface area contributed by atoms with E-state index in [0.29, 0.717) is 0 Å². The molecule has 0 unspecified atom stereocenters. The van der Waals surface area contributed by atoms with E-state index in [2.05, 4.69) is 82.5 Å². The highest BCUT2D eigenvalue weighted by atomic mass is 79.9. The molecule has 21 heavy (non-hydrogen) atoms. The Balaban J connectivity index is 1.88. The van der Waals surface area contributed by atoms with E-state index < -0.39 is 0 Å². The van der Waals surface area contributed by atoms with Crippen LogP contribution in [0, 0.1) is 13.8 Å². The van der Waals surface area contributed by atoms with Crippen molar-refractivity contribution >= 4 is 32.5 Å². The molecule has 0 fully saturated rings. The third-order valence-corrected chi connectivity index (χ3v) is 4.08. The average Bonchev–Trinajstić information content (AvgIpc) is 2.46. The second-order valence-corrected chi connectivity index (χ2v) is 6.23. The first-order chi connectivity index (χ1) is 10.1. The van der Waals surface area contributed by atoms with Gasteiger partial charge in [0.1, 0.15) is 0 Å². The van der Waals surface area contributed by atoms with Crippen LogP contribution in [0.1, 0.15) is 16.7 Å². The summed E-state index contributed by atoms with van der Waals surface area (Å²) in [4.78, 5) is 4.52. The van der Waals surface area contributed by atoms with Crippen LogP contribution >= 0.6 is 15.9 Å². The van der Waals surface area contributed by atoms with Gasteiger partial charge in [-0.25, -0.2) is 0 Å². The summed E-state index contributed by atoms with van der Waals surface area (Å²) in [7, 11) is 0. The molecule has 0 amide bonds. The first-order valence-electron chi connectivity index (χ1n) is 6.98. The van der Waals surface area contributed by atoms with Gasteiger partial charge in [0.25, 0.3) is 0 Å². The number of hydrogen-bond donors (Lipinski definition) is 1. The number of halogens is 1. The van der Waals surface area contributed by atoms with E-state index in [9.17, 15) is 0 Å². The molecule has 0 radical (unpaired) electrons. The van der Waals surface area contributed by atoms with Crippen LogP contribution in [0.4, 0.5) is 5.69 Å². The van der Waals surface area contributed by atoms with Gasteiger partial charge in [-0.3, -0.25) is 4.98 Å². The van der Waals surface area contributed by atoms with E-state index in [0.717, 1.165) is 27.6 Å². The van der Waals surface area contributed by atoms with Crippen molar-refractivity contribution in [2.24, 2.45) is 0 Å². The van der Waals surface area contributed by atoms with Crippen LogP contribution < -0.4 is 5.32 Å². The zero-order valence-electron chi connectivity index (χ0n) is 12.2. The molecule has 3 heteroatoms. The predicted octanol–water partition coefficient (Wildman–Crippen LogP) is 5.23. The number of hydrogen-bond acceptors (Lipinski definition) is 2. The van der Waals surface area contributed by atoms with Gasteiger partial charge in [-0.2, -0.15) is 0 Å². The zero-order valence-corrected chi connectivity index (χ0v) is 13.7. The number of aromatic nitrogens is 1. The highest BCUT2D eigenvalue weighted by molar-refractivity contribution is 9.10. The molecule has 0 spiro atoms. The number of anilines is 1. The van der Waals surface area contributed by atoms with Crippen molar-refractivity contribution < 1.29 is 0 Å². The molecule has 0 aliphatic carbocycles. The highest BCUT2D eigenvalue weighted by Gasteiger charge is 2.04. The summed E-state index contributed by atoms with van der Waals surface area (Å²) in [6.07, 6.45) is 1.84. The van der Waals surface area contributed by atoms with Gasteiger partial charge < -0.3 is 5.32 Å². The van der Waals surface area contributed by atoms with Crippen LogP contribution in [0.25, 0.3) is 10.9 Å². The summed E-state index contributed by atoms with van der Waals surface area (Å²) in [6.45, 7) is 5.09. The summed E-state index contributed by atoms with van der Waals surface area (Å²) in [5, 5.41) is 4.64. The van der Waals surface area contributed by atoms with Crippen LogP contribution in [0.5, 0.6) is 0 Å². The molecule has 0 aliphatic rings. The zero-order chi connectivity index (χ0) is 14.8. The minimum Gasteiger partial charge on any atom is -0.379 e. The number of nitrogens with zero attached hydrogens (tertiary/aromatic N) is 1. The number of benzene rings is 2.